The van der Waals surface area contributed by atoms with Gasteiger partial charge in [-0.15, -0.1) is 0 Å². The quantitative estimate of drug-likeness (QED) is 0.889. The lowest BCUT2D eigenvalue weighted by Gasteiger charge is -2.24. The molecule has 0 saturated heterocycles. The van der Waals surface area contributed by atoms with Crippen LogP contribution in [-0.2, 0) is 4.79 Å². The molecule has 1 aromatic heterocycles. The van der Waals surface area contributed by atoms with E-state index in [0.717, 1.165) is 4.47 Å². The molecule has 1 amide bonds. The average Bonchev–Trinajstić information content (AvgIpc) is 2.29. The maximum Gasteiger partial charge on any atom is 0.329 e. The van der Waals surface area contributed by atoms with Crippen LogP contribution in [0.3, 0.4) is 0 Å². The van der Waals surface area contributed by atoms with Crippen molar-refractivity contribution in [3.63, 3.8) is 0 Å². The number of aromatic nitrogens is 1. The highest BCUT2D eigenvalue weighted by molar-refractivity contribution is 9.10. The molecule has 5 nitrogen and oxygen atoms in total. The van der Waals surface area contributed by atoms with Crippen LogP contribution >= 0.6 is 15.9 Å². The summed E-state index contributed by atoms with van der Waals surface area (Å²) in [5, 5.41) is 11.5. The summed E-state index contributed by atoms with van der Waals surface area (Å²) < 4.78 is 0.755. The number of hydrogen-bond acceptors (Lipinski definition) is 3. The average molecular weight is 301 g/mol. The Kier molecular flexibility index (Phi) is 4.22. The number of nitrogens with one attached hydrogen (secondary N) is 1. The smallest absolute Gasteiger partial charge is 0.329 e. The summed E-state index contributed by atoms with van der Waals surface area (Å²) in [6.07, 6.45) is 1.78. The molecule has 0 aliphatic carbocycles. The third-order valence-electron chi connectivity index (χ3n) is 2.53. The van der Waals surface area contributed by atoms with Gasteiger partial charge in [0.05, 0.1) is 0 Å². The van der Waals surface area contributed by atoms with Crippen molar-refractivity contribution in [1.29, 1.82) is 0 Å². The van der Waals surface area contributed by atoms with Crippen LogP contribution in [0.25, 0.3) is 0 Å². The van der Waals surface area contributed by atoms with E-state index >= 15 is 0 Å². The van der Waals surface area contributed by atoms with Crippen molar-refractivity contribution in [2.75, 3.05) is 0 Å². The minimum absolute atomic E-state index is 0.189. The van der Waals surface area contributed by atoms with E-state index in [9.17, 15) is 9.59 Å². The monoisotopic (exact) mass is 300 g/mol. The molecule has 0 aliphatic heterocycles. The van der Waals surface area contributed by atoms with Gasteiger partial charge in [-0.25, -0.2) is 9.78 Å². The van der Waals surface area contributed by atoms with Gasteiger partial charge in [0.1, 0.15) is 11.2 Å². The predicted octanol–water partition coefficient (Wildman–Crippen LogP) is 1.83. The molecule has 0 aromatic carbocycles. The number of carbonyl (C=O) groups excluding carboxylic acids is 1. The van der Waals surface area contributed by atoms with Crippen LogP contribution in [0.2, 0.25) is 0 Å². The van der Waals surface area contributed by atoms with Crippen molar-refractivity contribution in [1.82, 2.24) is 10.3 Å². The van der Waals surface area contributed by atoms with Gasteiger partial charge in [0, 0.05) is 10.7 Å². The minimum atomic E-state index is -1.27. The van der Waals surface area contributed by atoms with Gasteiger partial charge in [-0.2, -0.15) is 0 Å². The maximum absolute atomic E-state index is 11.8. The minimum Gasteiger partial charge on any atom is -0.480 e. The molecule has 0 bridgehead atoms. The van der Waals surface area contributed by atoms with E-state index in [-0.39, 0.29) is 5.69 Å². The zero-order chi connectivity index (χ0) is 13.1. The second kappa shape index (κ2) is 5.27. The highest BCUT2D eigenvalue weighted by Gasteiger charge is 2.33. The number of carboxylic acids is 1. The van der Waals surface area contributed by atoms with Crippen LogP contribution in [0, 0.1) is 0 Å². The van der Waals surface area contributed by atoms with Crippen molar-refractivity contribution in [2.45, 2.75) is 25.8 Å². The van der Waals surface area contributed by atoms with Crippen molar-refractivity contribution in [3.05, 3.63) is 28.5 Å². The summed E-state index contributed by atoms with van der Waals surface area (Å²) in [5.41, 5.74) is -1.08. The molecule has 0 fully saturated rings. The fourth-order valence-electron chi connectivity index (χ4n) is 1.12. The Morgan fingerprint density at radius 2 is 2.18 bits per heavy atom. The summed E-state index contributed by atoms with van der Waals surface area (Å²) in [7, 11) is 0. The Labute approximate surface area is 107 Å². The number of amides is 1. The number of carbonyl (C=O) groups is 2. The van der Waals surface area contributed by atoms with Crippen molar-refractivity contribution in [3.8, 4) is 0 Å². The van der Waals surface area contributed by atoms with Crippen LogP contribution in [-0.4, -0.2) is 27.5 Å². The zero-order valence-electron chi connectivity index (χ0n) is 9.53. The first-order chi connectivity index (χ1) is 7.89. The number of rotatable bonds is 4. The van der Waals surface area contributed by atoms with Crippen LogP contribution < -0.4 is 5.32 Å². The summed E-state index contributed by atoms with van der Waals surface area (Å²) in [5.74, 6) is -1.56. The molecule has 1 atom stereocenters. The van der Waals surface area contributed by atoms with E-state index in [1.807, 2.05) is 0 Å². The van der Waals surface area contributed by atoms with Gasteiger partial charge in [0.15, 0.2) is 0 Å². The first-order valence-corrected chi connectivity index (χ1v) is 5.86. The van der Waals surface area contributed by atoms with Gasteiger partial charge in [0.25, 0.3) is 5.91 Å². The molecule has 2 N–H and O–H groups in total. The summed E-state index contributed by atoms with van der Waals surface area (Å²) >= 11 is 3.20. The third-order valence-corrected chi connectivity index (χ3v) is 3.00. The van der Waals surface area contributed by atoms with Crippen LogP contribution in [0.4, 0.5) is 0 Å². The number of pyridine rings is 1. The second-order valence-electron chi connectivity index (χ2n) is 3.81. The van der Waals surface area contributed by atoms with Gasteiger partial charge < -0.3 is 10.4 Å². The highest BCUT2D eigenvalue weighted by atomic mass is 79.9. The van der Waals surface area contributed by atoms with Crippen LogP contribution in [0.5, 0.6) is 0 Å². The number of halogens is 1. The first-order valence-electron chi connectivity index (χ1n) is 5.06. The lowest BCUT2D eigenvalue weighted by Crippen LogP contribution is -2.51. The number of hydrogen-bond donors (Lipinski definition) is 2. The van der Waals surface area contributed by atoms with Crippen molar-refractivity contribution < 1.29 is 14.7 Å². The molecule has 92 valence electrons. The molecule has 1 rings (SSSR count). The molecule has 17 heavy (non-hydrogen) atoms. The summed E-state index contributed by atoms with van der Waals surface area (Å²) in [4.78, 5) is 26.7. The van der Waals surface area contributed by atoms with E-state index in [0.29, 0.717) is 6.42 Å². The zero-order valence-corrected chi connectivity index (χ0v) is 11.1. The molecule has 0 radical (unpaired) electrons. The maximum atomic E-state index is 11.8. The second-order valence-corrected chi connectivity index (χ2v) is 4.72. The van der Waals surface area contributed by atoms with Gasteiger partial charge in [-0.1, -0.05) is 6.92 Å². The van der Waals surface area contributed by atoms with E-state index < -0.39 is 17.4 Å². The molecule has 6 heteroatoms. The summed E-state index contributed by atoms with van der Waals surface area (Å²) in [6.45, 7) is 3.16. The molecular weight excluding hydrogens is 288 g/mol. The molecule has 1 unspecified atom stereocenters. The van der Waals surface area contributed by atoms with Gasteiger partial charge in [-0.05, 0) is 41.4 Å². The third kappa shape index (κ3) is 3.26. The van der Waals surface area contributed by atoms with Crippen LogP contribution in [0.15, 0.2) is 22.8 Å². The van der Waals surface area contributed by atoms with Crippen molar-refractivity contribution >= 4 is 27.8 Å². The van der Waals surface area contributed by atoms with Gasteiger partial charge in [0.2, 0.25) is 0 Å². The molecule has 1 heterocycles. The van der Waals surface area contributed by atoms with E-state index in [4.69, 9.17) is 5.11 Å². The molecule has 0 spiro atoms. The molecule has 1 aromatic rings. The van der Waals surface area contributed by atoms with Gasteiger partial charge >= 0.3 is 5.97 Å². The lowest BCUT2D eigenvalue weighted by atomic mass is 9.99. The van der Waals surface area contributed by atoms with Crippen molar-refractivity contribution in [2.24, 2.45) is 0 Å². The Hall–Kier alpha value is -1.43. The largest absolute Gasteiger partial charge is 0.480 e. The van der Waals surface area contributed by atoms with Gasteiger partial charge in [-0.3, -0.25) is 4.79 Å². The van der Waals surface area contributed by atoms with E-state index in [1.165, 1.54) is 19.2 Å². The summed E-state index contributed by atoms with van der Waals surface area (Å²) in [6, 6.07) is 3.20. The predicted molar refractivity (Wildman–Crippen MR) is 65.7 cm³/mol. The molecular formula is C11H13BrN2O3. The topological polar surface area (TPSA) is 79.3 Å². The normalized spacial score (nSPS) is 13.8. The highest BCUT2D eigenvalue weighted by Crippen LogP contribution is 2.12. The Morgan fingerprint density at radius 3 is 2.59 bits per heavy atom. The van der Waals surface area contributed by atoms with Crippen LogP contribution in [0.1, 0.15) is 30.8 Å². The SMILES string of the molecule is CCC(C)(NC(=O)c1ccc(Br)cn1)C(=O)O. The number of aliphatic carboxylic acids is 1. The molecule has 0 aliphatic rings. The molecule has 0 saturated carbocycles. The standard InChI is InChI=1S/C11H13BrN2O3/c1-3-11(2,10(16)17)14-9(15)8-5-4-7(12)6-13-8/h4-6H,3H2,1-2H3,(H,14,15)(H,16,17). The fraction of sp³-hybridized carbons (Fsp3) is 0.364. The van der Waals surface area contributed by atoms with E-state index in [1.54, 1.807) is 13.0 Å². The Balaban J connectivity index is 2.85. The Morgan fingerprint density at radius 1 is 1.53 bits per heavy atom. The Bertz CT molecular complexity index is 433. The lowest BCUT2D eigenvalue weighted by molar-refractivity contribution is -0.143. The van der Waals surface area contributed by atoms with E-state index in [2.05, 4.69) is 26.2 Å². The number of nitrogens with zero attached hydrogens (tertiary/aromatic N) is 1. The fourth-order valence-corrected chi connectivity index (χ4v) is 1.35. The first kappa shape index (κ1) is 13.6. The number of carboxylic acid groups (broad SMARTS) is 1.